The Morgan fingerprint density at radius 2 is 1.94 bits per heavy atom. The van der Waals surface area contributed by atoms with Gasteiger partial charge in [-0.2, -0.15) is 0 Å². The first kappa shape index (κ1) is 13.5. The third-order valence-electron chi connectivity index (χ3n) is 4.10. The van der Waals surface area contributed by atoms with E-state index in [9.17, 15) is 4.79 Å². The molecule has 2 nitrogen and oxygen atoms in total. The van der Waals surface area contributed by atoms with Crippen molar-refractivity contribution in [3.8, 4) is 0 Å². The molecule has 0 bridgehead atoms. The van der Waals surface area contributed by atoms with E-state index in [4.69, 9.17) is 0 Å². The molecule has 1 aliphatic rings. The van der Waals surface area contributed by atoms with Crippen molar-refractivity contribution < 1.29 is 4.79 Å². The molecule has 1 fully saturated rings. The molecule has 2 rings (SSSR count). The van der Waals surface area contributed by atoms with Gasteiger partial charge >= 0.3 is 0 Å². The Morgan fingerprint density at radius 1 is 1.28 bits per heavy atom. The zero-order chi connectivity index (χ0) is 13.2. The third kappa shape index (κ3) is 2.56. The second kappa shape index (κ2) is 5.35. The molecule has 3 heteroatoms. The van der Waals surface area contributed by atoms with Crippen LogP contribution in [0.15, 0.2) is 30.3 Å². The number of thiol groups is 1. The highest BCUT2D eigenvalue weighted by atomic mass is 32.1. The minimum absolute atomic E-state index is 0.0277. The number of hydrogen-bond acceptors (Lipinski definition) is 1. The lowest BCUT2D eigenvalue weighted by atomic mass is 9.74. The maximum absolute atomic E-state index is 11.7. The number of benzene rings is 1. The highest BCUT2D eigenvalue weighted by Gasteiger charge is 2.38. The summed E-state index contributed by atoms with van der Waals surface area (Å²) in [6, 6.07) is 10.7. The Hall–Kier alpha value is -0.960. The lowest BCUT2D eigenvalue weighted by Crippen LogP contribution is -2.51. The molecule has 98 valence electrons. The highest BCUT2D eigenvalue weighted by molar-refractivity contribution is 7.96. The van der Waals surface area contributed by atoms with Crippen molar-refractivity contribution in [1.29, 1.82) is 0 Å². The summed E-state index contributed by atoms with van der Waals surface area (Å²) >= 11 is 4.03. The average Bonchev–Trinajstić information content (AvgIpc) is 2.39. The Kier molecular flexibility index (Phi) is 4.00. The van der Waals surface area contributed by atoms with Crippen LogP contribution >= 0.6 is 12.6 Å². The summed E-state index contributed by atoms with van der Waals surface area (Å²) in [4.78, 5) is 13.6. The first-order valence-corrected chi connectivity index (χ1v) is 7.03. The summed E-state index contributed by atoms with van der Waals surface area (Å²) in [5.41, 5.74) is 1.26. The molecule has 1 atom stereocenters. The molecule has 0 radical (unpaired) electrons. The molecule has 1 aromatic carbocycles. The predicted molar refractivity (Wildman–Crippen MR) is 78.2 cm³/mol. The minimum Gasteiger partial charge on any atom is -0.330 e. The summed E-state index contributed by atoms with van der Waals surface area (Å²) in [5.74, 6) is 0. The average molecular weight is 263 g/mol. The Bertz CT molecular complexity index is 416. The number of hydrogen-bond donors (Lipinski definition) is 1. The molecule has 1 aromatic rings. The van der Waals surface area contributed by atoms with E-state index in [0.29, 0.717) is 0 Å². The predicted octanol–water partition coefficient (Wildman–Crippen LogP) is 3.87. The monoisotopic (exact) mass is 263 g/mol. The second-order valence-electron chi connectivity index (χ2n) is 5.58. The first-order valence-electron chi connectivity index (χ1n) is 6.58. The molecule has 0 aromatic heterocycles. The second-order valence-corrected chi connectivity index (χ2v) is 5.96. The topological polar surface area (TPSA) is 20.3 Å². The van der Waals surface area contributed by atoms with Gasteiger partial charge in [0.2, 0.25) is 0 Å². The van der Waals surface area contributed by atoms with E-state index in [1.807, 2.05) is 11.0 Å². The van der Waals surface area contributed by atoms with E-state index in [1.165, 1.54) is 12.0 Å². The number of carbonyl (C=O) groups excluding carboxylic acids is 1. The van der Waals surface area contributed by atoms with Gasteiger partial charge in [0.15, 0.2) is 0 Å². The first-order chi connectivity index (χ1) is 8.53. The van der Waals surface area contributed by atoms with Crippen LogP contribution in [0, 0.1) is 0 Å². The molecular formula is C15H21NOS. The summed E-state index contributed by atoms with van der Waals surface area (Å²) in [6.45, 7) is 5.29. The van der Waals surface area contributed by atoms with E-state index in [1.54, 1.807) is 0 Å². The molecule has 0 N–H and O–H groups in total. The molecule has 18 heavy (non-hydrogen) atoms. The Balaban J connectivity index is 2.30. The van der Waals surface area contributed by atoms with Crippen molar-refractivity contribution in [3.05, 3.63) is 35.9 Å². The maximum atomic E-state index is 11.7. The molecule has 0 saturated carbocycles. The van der Waals surface area contributed by atoms with Gasteiger partial charge in [-0.3, -0.25) is 4.79 Å². The number of rotatable bonds is 2. The molecule has 1 unspecified atom stereocenters. The minimum atomic E-state index is -0.0938. The summed E-state index contributed by atoms with van der Waals surface area (Å²) in [6.07, 6.45) is 3.35. The Morgan fingerprint density at radius 3 is 2.56 bits per heavy atom. The summed E-state index contributed by atoms with van der Waals surface area (Å²) in [7, 11) is 0. The molecule has 0 spiro atoms. The van der Waals surface area contributed by atoms with Gasteiger partial charge < -0.3 is 4.90 Å². The van der Waals surface area contributed by atoms with Crippen molar-refractivity contribution in [2.45, 2.75) is 44.6 Å². The summed E-state index contributed by atoms with van der Waals surface area (Å²) < 4.78 is 0. The smallest absolute Gasteiger partial charge is 0.278 e. The van der Waals surface area contributed by atoms with Gasteiger partial charge in [0.05, 0.1) is 0 Å². The van der Waals surface area contributed by atoms with E-state index < -0.39 is 0 Å². The number of amides is 1. The normalized spacial score (nSPS) is 20.8. The fraction of sp³-hybridized carbons (Fsp3) is 0.533. The molecule has 1 amide bonds. The number of carbonyl (C=O) groups is 1. The van der Waals surface area contributed by atoms with Crippen molar-refractivity contribution in [2.24, 2.45) is 0 Å². The van der Waals surface area contributed by atoms with Crippen LogP contribution in [0.4, 0.5) is 4.79 Å². The van der Waals surface area contributed by atoms with Gasteiger partial charge in [0.25, 0.3) is 5.24 Å². The lowest BCUT2D eigenvalue weighted by Gasteiger charge is -2.44. The SMILES string of the molecule is CC(C)(c1ccccc1)C1CCCCN1C(=O)S. The van der Waals surface area contributed by atoms with Crippen molar-refractivity contribution in [3.63, 3.8) is 0 Å². The number of piperidine rings is 1. The van der Waals surface area contributed by atoms with Crippen LogP contribution in [0.25, 0.3) is 0 Å². The van der Waals surface area contributed by atoms with Crippen LogP contribution in [-0.2, 0) is 5.41 Å². The molecular weight excluding hydrogens is 242 g/mol. The number of nitrogens with zero attached hydrogens (tertiary/aromatic N) is 1. The zero-order valence-corrected chi connectivity index (χ0v) is 12.0. The van der Waals surface area contributed by atoms with Crippen LogP contribution in [0.3, 0.4) is 0 Å². The highest BCUT2D eigenvalue weighted by Crippen LogP contribution is 2.36. The largest absolute Gasteiger partial charge is 0.330 e. The van der Waals surface area contributed by atoms with Gasteiger partial charge in [-0.25, -0.2) is 0 Å². The molecule has 1 heterocycles. The fourth-order valence-electron chi connectivity index (χ4n) is 2.97. The van der Waals surface area contributed by atoms with Crippen LogP contribution < -0.4 is 0 Å². The van der Waals surface area contributed by atoms with E-state index in [-0.39, 0.29) is 16.7 Å². The van der Waals surface area contributed by atoms with Crippen LogP contribution in [0.5, 0.6) is 0 Å². The Labute approximate surface area is 115 Å². The van der Waals surface area contributed by atoms with Crippen molar-refractivity contribution in [1.82, 2.24) is 4.90 Å². The standard InChI is InChI=1S/C15H21NOS/c1-15(2,12-8-4-3-5-9-12)13-10-6-7-11-16(13)14(17)18/h3-5,8-9,13H,6-7,10-11H2,1-2H3,(H,17,18). The van der Waals surface area contributed by atoms with E-state index >= 15 is 0 Å². The van der Waals surface area contributed by atoms with Crippen LogP contribution in [-0.4, -0.2) is 22.7 Å². The van der Waals surface area contributed by atoms with Gasteiger partial charge in [-0.1, -0.05) is 56.8 Å². The summed E-state index contributed by atoms with van der Waals surface area (Å²) in [5, 5.41) is -0.0938. The van der Waals surface area contributed by atoms with E-state index in [2.05, 4.69) is 50.7 Å². The van der Waals surface area contributed by atoms with Crippen LogP contribution in [0.1, 0.15) is 38.7 Å². The number of likely N-dealkylation sites (tertiary alicyclic amines) is 1. The third-order valence-corrected chi connectivity index (χ3v) is 4.36. The van der Waals surface area contributed by atoms with Crippen molar-refractivity contribution in [2.75, 3.05) is 6.54 Å². The molecule has 0 aliphatic carbocycles. The maximum Gasteiger partial charge on any atom is 0.278 e. The molecule has 1 saturated heterocycles. The molecule has 1 aliphatic heterocycles. The van der Waals surface area contributed by atoms with E-state index in [0.717, 1.165) is 19.4 Å². The van der Waals surface area contributed by atoms with Gasteiger partial charge in [0.1, 0.15) is 0 Å². The van der Waals surface area contributed by atoms with Gasteiger partial charge in [-0.05, 0) is 24.8 Å². The quantitative estimate of drug-likeness (QED) is 0.803. The van der Waals surface area contributed by atoms with Crippen molar-refractivity contribution >= 4 is 17.9 Å². The fourth-order valence-corrected chi connectivity index (χ4v) is 3.21. The van der Waals surface area contributed by atoms with Gasteiger partial charge in [0, 0.05) is 18.0 Å². The van der Waals surface area contributed by atoms with Gasteiger partial charge in [-0.15, -0.1) is 0 Å². The lowest BCUT2D eigenvalue weighted by molar-refractivity contribution is 0.129. The van der Waals surface area contributed by atoms with Crippen LogP contribution in [0.2, 0.25) is 0 Å². The zero-order valence-electron chi connectivity index (χ0n) is 11.1.